The molecule has 0 aromatic rings. The lowest BCUT2D eigenvalue weighted by atomic mass is 11.7. The minimum atomic E-state index is -2.61. The molecule has 0 aliphatic rings. The van der Waals surface area contributed by atoms with Crippen LogP contribution in [0.25, 0.3) is 0 Å². The topological polar surface area (TPSA) is 156 Å². The first-order chi connectivity index (χ1) is 4.88. The Labute approximate surface area is 66.4 Å². The third kappa shape index (κ3) is 2340. The van der Waals surface area contributed by atoms with Gasteiger partial charge in [-0.25, -0.2) is 10.2 Å². The molecule has 68 valence electrons. The maximum absolute atomic E-state index is 8.67. The smallest absolute Gasteiger partial charge is 0.284 e. The van der Waals surface area contributed by atoms with Gasteiger partial charge in [0.15, 0.2) is 0 Å². The fraction of sp³-hybridized carbons (Fsp3) is 0. The van der Waals surface area contributed by atoms with E-state index in [0.29, 0.717) is 0 Å². The van der Waals surface area contributed by atoms with Crippen molar-refractivity contribution in [3.8, 4) is 0 Å². The summed E-state index contributed by atoms with van der Waals surface area (Å²) in [6, 6.07) is 0. The van der Waals surface area contributed by atoms with Crippen molar-refractivity contribution in [2.45, 2.75) is 0 Å². The number of hydrogen-bond acceptors (Lipinski definition) is 4. The molecule has 0 aromatic heterocycles. The molecule has 10 heteroatoms. The molecule has 0 spiro atoms. The quantitative estimate of drug-likeness (QED) is 0.199. The molecule has 0 rings (SSSR count). The molecule has 0 amide bonds. The van der Waals surface area contributed by atoms with Crippen molar-refractivity contribution in [2.24, 2.45) is 0 Å². The van der Waals surface area contributed by atoms with Crippen LogP contribution in [0.3, 0.4) is 0 Å². The second-order valence-electron chi connectivity index (χ2n) is 0.564. The summed E-state index contributed by atoms with van der Waals surface area (Å²) in [6.07, 6.45) is 0.750. The van der Waals surface area contributed by atoms with Gasteiger partial charge in [-0.05, 0) is 0 Å². The Morgan fingerprint density at radius 1 is 1.00 bits per heavy atom. The summed E-state index contributed by atoms with van der Waals surface area (Å²) in [5.74, 6) is 0. The maximum Gasteiger partial charge on any atom is 0.299 e. The standard InChI is InChI=1S/CHNO.2H2O3S/c2-1-3;2*1-4(2)3/h2H;2*(H2,1,2,3). The van der Waals surface area contributed by atoms with Gasteiger partial charge in [-0.15, -0.1) is 0 Å². The SMILES string of the molecule is N=C=O.O=S(O)O.O=S(O)O. The van der Waals surface area contributed by atoms with E-state index in [1.807, 2.05) is 0 Å². The van der Waals surface area contributed by atoms with Crippen LogP contribution in [0, 0.1) is 5.41 Å². The molecule has 11 heavy (non-hydrogen) atoms. The van der Waals surface area contributed by atoms with Gasteiger partial charge in [0.1, 0.15) is 0 Å². The van der Waals surface area contributed by atoms with Crippen LogP contribution in [-0.4, -0.2) is 32.7 Å². The van der Waals surface area contributed by atoms with Gasteiger partial charge in [0.2, 0.25) is 6.08 Å². The lowest BCUT2D eigenvalue weighted by Crippen LogP contribution is -1.74. The van der Waals surface area contributed by atoms with Crippen LogP contribution < -0.4 is 0 Å². The Balaban J connectivity index is -0.0000000886. The van der Waals surface area contributed by atoms with Crippen molar-refractivity contribution in [2.75, 3.05) is 0 Å². The van der Waals surface area contributed by atoms with Crippen molar-refractivity contribution < 1.29 is 31.4 Å². The van der Waals surface area contributed by atoms with Crippen LogP contribution in [0.4, 0.5) is 0 Å². The van der Waals surface area contributed by atoms with Gasteiger partial charge in [-0.3, -0.25) is 18.2 Å². The predicted octanol–water partition coefficient (Wildman–Crippen LogP) is -0.737. The summed E-state index contributed by atoms with van der Waals surface area (Å²) in [4.78, 5) is 8.35. The summed E-state index contributed by atoms with van der Waals surface area (Å²) >= 11 is -5.22. The molecular weight excluding hydrogens is 202 g/mol. The predicted molar refractivity (Wildman–Crippen MR) is 35.2 cm³/mol. The Morgan fingerprint density at radius 3 is 1.00 bits per heavy atom. The van der Waals surface area contributed by atoms with Crippen molar-refractivity contribution in [1.29, 1.82) is 5.41 Å². The molecule has 8 nitrogen and oxygen atoms in total. The molecule has 0 bridgehead atoms. The van der Waals surface area contributed by atoms with E-state index in [2.05, 4.69) is 0 Å². The van der Waals surface area contributed by atoms with Gasteiger partial charge >= 0.3 is 0 Å². The average molecular weight is 207 g/mol. The van der Waals surface area contributed by atoms with Crippen molar-refractivity contribution in [3.63, 3.8) is 0 Å². The monoisotopic (exact) mass is 207 g/mol. The highest BCUT2D eigenvalue weighted by molar-refractivity contribution is 7.73. The molecule has 0 aromatic carbocycles. The molecule has 0 fully saturated rings. The molecule has 0 aliphatic carbocycles. The van der Waals surface area contributed by atoms with E-state index in [1.165, 1.54) is 0 Å². The third-order valence-corrected chi connectivity index (χ3v) is 0. The second kappa shape index (κ2) is 16.3. The van der Waals surface area contributed by atoms with Crippen LogP contribution in [-0.2, 0) is 27.5 Å². The van der Waals surface area contributed by atoms with Crippen LogP contribution in [0.1, 0.15) is 0 Å². The van der Waals surface area contributed by atoms with Gasteiger partial charge in [0.05, 0.1) is 0 Å². The van der Waals surface area contributed by atoms with E-state index in [9.17, 15) is 0 Å². The summed E-state index contributed by atoms with van der Waals surface area (Å²) < 4.78 is 45.7. The summed E-state index contributed by atoms with van der Waals surface area (Å²) in [5, 5.41) is 5.40. The zero-order valence-corrected chi connectivity index (χ0v) is 6.46. The van der Waals surface area contributed by atoms with Crippen molar-refractivity contribution >= 4 is 28.8 Å². The highest BCUT2D eigenvalue weighted by Crippen LogP contribution is 1.44. The maximum atomic E-state index is 8.67. The normalized spacial score (nSPS) is 7.09. The summed E-state index contributed by atoms with van der Waals surface area (Å²) in [5.41, 5.74) is 0. The number of hydrogen-bond donors (Lipinski definition) is 5. The molecular formula is CH5NO7S2. The first-order valence-electron chi connectivity index (χ1n) is 1.52. The van der Waals surface area contributed by atoms with E-state index >= 15 is 0 Å². The van der Waals surface area contributed by atoms with Gasteiger partial charge < -0.3 is 0 Å². The Kier molecular flexibility index (Phi) is 24.9. The minimum Gasteiger partial charge on any atom is -0.284 e. The highest BCUT2D eigenvalue weighted by Gasteiger charge is 1.63. The molecule has 0 saturated carbocycles. The minimum absolute atomic E-state index is 0.750. The van der Waals surface area contributed by atoms with Gasteiger partial charge in [-0.1, -0.05) is 0 Å². The largest absolute Gasteiger partial charge is 0.299 e. The van der Waals surface area contributed by atoms with Crippen LogP contribution in [0.15, 0.2) is 0 Å². The van der Waals surface area contributed by atoms with E-state index in [1.54, 1.807) is 0 Å². The fourth-order valence-electron chi connectivity index (χ4n) is 0. The molecule has 0 heterocycles. The lowest BCUT2D eigenvalue weighted by Gasteiger charge is -1.59. The van der Waals surface area contributed by atoms with Crippen molar-refractivity contribution in [3.05, 3.63) is 0 Å². The summed E-state index contributed by atoms with van der Waals surface area (Å²) in [7, 11) is 0. The van der Waals surface area contributed by atoms with E-state index < -0.39 is 22.7 Å². The zero-order chi connectivity index (χ0) is 9.86. The van der Waals surface area contributed by atoms with Crippen molar-refractivity contribution in [1.82, 2.24) is 0 Å². The average Bonchev–Trinajstić information content (AvgIpc) is 1.60. The fourth-order valence-corrected chi connectivity index (χ4v) is 0. The Bertz CT molecular complexity index is 129. The van der Waals surface area contributed by atoms with Crippen LogP contribution >= 0.6 is 0 Å². The molecule has 0 aliphatic heterocycles. The Hall–Kier alpha value is -0.480. The van der Waals surface area contributed by atoms with Crippen LogP contribution in [0.5, 0.6) is 0 Å². The first-order valence-corrected chi connectivity index (χ1v) is 3.65. The van der Waals surface area contributed by atoms with E-state index in [0.717, 1.165) is 6.08 Å². The molecule has 0 saturated heterocycles. The molecule has 0 atom stereocenters. The highest BCUT2D eigenvalue weighted by atomic mass is 32.2. The number of nitrogens with one attached hydrogen (secondary N) is 1. The number of carbonyl (C=O) groups excluding carboxylic acids is 1. The van der Waals surface area contributed by atoms with Gasteiger partial charge in [0.25, 0.3) is 22.7 Å². The van der Waals surface area contributed by atoms with Gasteiger partial charge in [-0.2, -0.15) is 8.42 Å². The van der Waals surface area contributed by atoms with Crippen LogP contribution in [0.2, 0.25) is 0 Å². The third-order valence-electron chi connectivity index (χ3n) is 0. The molecule has 5 N–H and O–H groups in total. The molecule has 0 radical (unpaired) electrons. The first kappa shape index (κ1) is 16.9. The second-order valence-corrected chi connectivity index (χ2v) is 1.49. The summed E-state index contributed by atoms with van der Waals surface area (Å²) in [6.45, 7) is 0. The van der Waals surface area contributed by atoms with E-state index in [-0.39, 0.29) is 0 Å². The lowest BCUT2D eigenvalue weighted by molar-refractivity contribution is 0.452. The number of rotatable bonds is 0. The Morgan fingerprint density at radius 2 is 1.00 bits per heavy atom. The molecule has 0 unspecified atom stereocenters. The van der Waals surface area contributed by atoms with E-state index in [4.69, 9.17) is 36.8 Å². The zero-order valence-electron chi connectivity index (χ0n) is 4.83. The van der Waals surface area contributed by atoms with Gasteiger partial charge in [0, 0.05) is 0 Å². The number of isocyanates is 1.